The molecule has 0 bridgehead atoms. The van der Waals surface area contributed by atoms with Gasteiger partial charge < -0.3 is 4.74 Å². The van der Waals surface area contributed by atoms with E-state index in [1.54, 1.807) is 11.3 Å². The van der Waals surface area contributed by atoms with Gasteiger partial charge in [0.25, 0.3) is 0 Å². The molecule has 0 fully saturated rings. The standard InChI is InChI=1S/C14H15NO2S/c1-8-5-6-12(9(2)7-8)13-14(17-11(4)16)15-10(3)18-13/h5-7H,1-4H3. The molecule has 94 valence electrons. The van der Waals surface area contributed by atoms with E-state index in [0.29, 0.717) is 5.88 Å². The number of hydrogen-bond acceptors (Lipinski definition) is 4. The fourth-order valence-electron chi connectivity index (χ4n) is 1.85. The number of carbonyl (C=O) groups is 1. The lowest BCUT2D eigenvalue weighted by atomic mass is 10.0. The summed E-state index contributed by atoms with van der Waals surface area (Å²) in [5.74, 6) is 0.0725. The van der Waals surface area contributed by atoms with E-state index in [2.05, 4.69) is 31.0 Å². The van der Waals surface area contributed by atoms with Crippen molar-refractivity contribution in [1.29, 1.82) is 0 Å². The Morgan fingerprint density at radius 2 is 2.00 bits per heavy atom. The highest BCUT2D eigenvalue weighted by Gasteiger charge is 2.16. The molecule has 2 aromatic rings. The van der Waals surface area contributed by atoms with Gasteiger partial charge >= 0.3 is 5.97 Å². The molecule has 0 radical (unpaired) electrons. The fourth-order valence-corrected chi connectivity index (χ4v) is 2.79. The average molecular weight is 261 g/mol. The van der Waals surface area contributed by atoms with Crippen LogP contribution in [0, 0.1) is 20.8 Å². The maximum atomic E-state index is 11.1. The monoisotopic (exact) mass is 261 g/mol. The number of rotatable bonds is 2. The fraction of sp³-hybridized carbons (Fsp3) is 0.286. The number of aryl methyl sites for hydroxylation is 3. The Morgan fingerprint density at radius 1 is 1.28 bits per heavy atom. The van der Waals surface area contributed by atoms with Crippen molar-refractivity contribution in [3.8, 4) is 16.3 Å². The number of nitrogens with zero attached hydrogens (tertiary/aromatic N) is 1. The molecule has 0 N–H and O–H groups in total. The van der Waals surface area contributed by atoms with Gasteiger partial charge in [-0.05, 0) is 26.3 Å². The third-order valence-electron chi connectivity index (χ3n) is 2.57. The van der Waals surface area contributed by atoms with Crippen molar-refractivity contribution in [3.63, 3.8) is 0 Å². The lowest BCUT2D eigenvalue weighted by Crippen LogP contribution is -2.02. The van der Waals surface area contributed by atoms with Crippen molar-refractivity contribution >= 4 is 17.3 Å². The minimum Gasteiger partial charge on any atom is -0.406 e. The predicted molar refractivity (Wildman–Crippen MR) is 73.1 cm³/mol. The smallest absolute Gasteiger partial charge is 0.309 e. The summed E-state index contributed by atoms with van der Waals surface area (Å²) in [6.45, 7) is 7.40. The molecule has 0 aliphatic heterocycles. The molecule has 0 saturated carbocycles. The van der Waals surface area contributed by atoms with Crippen LogP contribution in [0.3, 0.4) is 0 Å². The first-order chi connectivity index (χ1) is 8.47. The topological polar surface area (TPSA) is 39.2 Å². The van der Waals surface area contributed by atoms with Gasteiger partial charge in [-0.1, -0.05) is 23.8 Å². The SMILES string of the molecule is CC(=O)Oc1nc(C)sc1-c1ccc(C)cc1C. The number of ether oxygens (including phenoxy) is 1. The first-order valence-electron chi connectivity index (χ1n) is 5.71. The number of carbonyl (C=O) groups excluding carboxylic acids is 1. The number of benzene rings is 1. The number of aromatic nitrogens is 1. The summed E-state index contributed by atoms with van der Waals surface area (Å²) in [7, 11) is 0. The van der Waals surface area contributed by atoms with Crippen LogP contribution in [0.4, 0.5) is 0 Å². The third-order valence-corrected chi connectivity index (χ3v) is 3.56. The van der Waals surface area contributed by atoms with Crippen molar-refractivity contribution in [2.75, 3.05) is 0 Å². The minimum absolute atomic E-state index is 0.341. The lowest BCUT2D eigenvalue weighted by Gasteiger charge is -2.06. The number of esters is 1. The highest BCUT2D eigenvalue weighted by Crippen LogP contribution is 2.37. The summed E-state index contributed by atoms with van der Waals surface area (Å²) >= 11 is 1.54. The van der Waals surface area contributed by atoms with Crippen LogP contribution >= 0.6 is 11.3 Å². The molecular weight excluding hydrogens is 246 g/mol. The summed E-state index contributed by atoms with van der Waals surface area (Å²) < 4.78 is 5.17. The summed E-state index contributed by atoms with van der Waals surface area (Å²) in [4.78, 5) is 16.3. The molecule has 1 heterocycles. The Bertz CT molecular complexity index is 602. The zero-order valence-electron chi connectivity index (χ0n) is 10.9. The molecule has 0 aliphatic rings. The molecule has 4 heteroatoms. The third kappa shape index (κ3) is 2.59. The molecular formula is C14H15NO2S. The Labute approximate surface area is 110 Å². The average Bonchev–Trinajstić information content (AvgIpc) is 2.58. The van der Waals surface area contributed by atoms with Gasteiger partial charge in [0.1, 0.15) is 0 Å². The number of thiazole rings is 1. The van der Waals surface area contributed by atoms with Crippen molar-refractivity contribution in [1.82, 2.24) is 4.98 Å². The molecule has 0 amide bonds. The zero-order chi connectivity index (χ0) is 13.3. The summed E-state index contributed by atoms with van der Waals surface area (Å²) in [6.07, 6.45) is 0. The highest BCUT2D eigenvalue weighted by atomic mass is 32.1. The van der Waals surface area contributed by atoms with Gasteiger partial charge in [-0.15, -0.1) is 11.3 Å². The normalized spacial score (nSPS) is 10.4. The molecule has 0 spiro atoms. The van der Waals surface area contributed by atoms with Crippen LogP contribution in [-0.4, -0.2) is 11.0 Å². The van der Waals surface area contributed by atoms with Crippen LogP contribution in [-0.2, 0) is 4.79 Å². The second kappa shape index (κ2) is 4.90. The van der Waals surface area contributed by atoms with E-state index >= 15 is 0 Å². The largest absolute Gasteiger partial charge is 0.406 e. The van der Waals surface area contributed by atoms with E-state index in [0.717, 1.165) is 21.0 Å². The van der Waals surface area contributed by atoms with E-state index in [-0.39, 0.29) is 5.97 Å². The molecule has 0 aliphatic carbocycles. The molecule has 2 rings (SSSR count). The van der Waals surface area contributed by atoms with Crippen LogP contribution < -0.4 is 4.74 Å². The van der Waals surface area contributed by atoms with Gasteiger partial charge in [-0.25, -0.2) is 4.98 Å². The molecule has 3 nitrogen and oxygen atoms in total. The van der Waals surface area contributed by atoms with E-state index in [1.807, 2.05) is 13.0 Å². The first kappa shape index (κ1) is 12.8. The van der Waals surface area contributed by atoms with E-state index in [9.17, 15) is 4.79 Å². The molecule has 0 unspecified atom stereocenters. The maximum Gasteiger partial charge on any atom is 0.309 e. The van der Waals surface area contributed by atoms with E-state index in [1.165, 1.54) is 12.5 Å². The molecule has 18 heavy (non-hydrogen) atoms. The van der Waals surface area contributed by atoms with Crippen LogP contribution in [0.2, 0.25) is 0 Å². The summed E-state index contributed by atoms with van der Waals surface area (Å²) in [5, 5.41) is 0.890. The quantitative estimate of drug-likeness (QED) is 0.774. The van der Waals surface area contributed by atoms with Crippen LogP contribution in [0.25, 0.3) is 10.4 Å². The summed E-state index contributed by atoms with van der Waals surface area (Å²) in [5.41, 5.74) is 3.45. The Kier molecular flexibility index (Phi) is 3.48. The Morgan fingerprint density at radius 3 is 2.61 bits per heavy atom. The second-order valence-electron chi connectivity index (χ2n) is 4.28. The van der Waals surface area contributed by atoms with Crippen LogP contribution in [0.15, 0.2) is 18.2 Å². The van der Waals surface area contributed by atoms with Crippen molar-refractivity contribution in [3.05, 3.63) is 34.3 Å². The second-order valence-corrected chi connectivity index (χ2v) is 5.48. The molecule has 0 saturated heterocycles. The molecule has 1 aromatic carbocycles. The van der Waals surface area contributed by atoms with Gasteiger partial charge in [0.2, 0.25) is 5.88 Å². The predicted octanol–water partition coefficient (Wildman–Crippen LogP) is 3.66. The van der Waals surface area contributed by atoms with Gasteiger partial charge in [0.15, 0.2) is 0 Å². The van der Waals surface area contributed by atoms with Crippen LogP contribution in [0.1, 0.15) is 23.1 Å². The molecule has 1 aromatic heterocycles. The number of hydrogen-bond donors (Lipinski definition) is 0. The zero-order valence-corrected chi connectivity index (χ0v) is 11.7. The van der Waals surface area contributed by atoms with Crippen LogP contribution in [0.5, 0.6) is 5.88 Å². The van der Waals surface area contributed by atoms with Gasteiger partial charge in [0, 0.05) is 12.5 Å². The first-order valence-corrected chi connectivity index (χ1v) is 6.52. The lowest BCUT2D eigenvalue weighted by molar-refractivity contribution is -0.132. The minimum atomic E-state index is -0.341. The van der Waals surface area contributed by atoms with E-state index < -0.39 is 0 Å². The van der Waals surface area contributed by atoms with Crippen molar-refractivity contribution < 1.29 is 9.53 Å². The molecule has 0 atom stereocenters. The van der Waals surface area contributed by atoms with Crippen molar-refractivity contribution in [2.45, 2.75) is 27.7 Å². The highest BCUT2D eigenvalue weighted by molar-refractivity contribution is 7.15. The maximum absolute atomic E-state index is 11.1. The van der Waals surface area contributed by atoms with Gasteiger partial charge in [-0.2, -0.15) is 0 Å². The van der Waals surface area contributed by atoms with Crippen molar-refractivity contribution in [2.24, 2.45) is 0 Å². The Balaban J connectivity index is 2.52. The Hall–Kier alpha value is -1.68. The van der Waals surface area contributed by atoms with E-state index in [4.69, 9.17) is 4.74 Å². The van der Waals surface area contributed by atoms with Gasteiger partial charge in [0.05, 0.1) is 9.88 Å². The summed E-state index contributed by atoms with van der Waals surface area (Å²) in [6, 6.07) is 6.21. The van der Waals surface area contributed by atoms with Gasteiger partial charge in [-0.3, -0.25) is 4.79 Å².